The first-order valence-corrected chi connectivity index (χ1v) is 7.94. The van der Waals surface area contributed by atoms with E-state index in [2.05, 4.69) is 10.6 Å². The lowest BCUT2D eigenvalue weighted by Gasteiger charge is -2.19. The number of alkyl halides is 5. The highest BCUT2D eigenvalue weighted by Gasteiger charge is 2.43. The lowest BCUT2D eigenvalue weighted by molar-refractivity contribution is -0.137. The molecule has 0 saturated carbocycles. The zero-order valence-corrected chi connectivity index (χ0v) is 14.7. The van der Waals surface area contributed by atoms with Crippen LogP contribution in [0.25, 0.3) is 0 Å². The van der Waals surface area contributed by atoms with Crippen LogP contribution in [0.4, 0.5) is 27.6 Å². The van der Waals surface area contributed by atoms with Crippen LogP contribution >= 0.6 is 12.4 Å². The van der Waals surface area contributed by atoms with Crippen molar-refractivity contribution in [3.63, 3.8) is 0 Å². The fourth-order valence-corrected chi connectivity index (χ4v) is 3.11. The SMILES string of the molecule is Cl.O=C(NC1CC(=O)N(c2cccc(C(F)(F)F)c2)C1)C1CC(F)(F)CN1. The first-order valence-electron chi connectivity index (χ1n) is 7.94. The lowest BCUT2D eigenvalue weighted by Crippen LogP contribution is -2.46. The van der Waals surface area contributed by atoms with Crippen molar-refractivity contribution >= 4 is 29.9 Å². The second-order valence-corrected chi connectivity index (χ2v) is 6.46. The Bertz CT molecular complexity index is 728. The molecule has 150 valence electrons. The summed E-state index contributed by atoms with van der Waals surface area (Å²) in [5, 5.41) is 4.93. The minimum absolute atomic E-state index is 0. The Labute approximate surface area is 157 Å². The summed E-state index contributed by atoms with van der Waals surface area (Å²) < 4.78 is 64.7. The van der Waals surface area contributed by atoms with Crippen LogP contribution < -0.4 is 15.5 Å². The minimum atomic E-state index is -4.54. The van der Waals surface area contributed by atoms with Crippen molar-refractivity contribution in [2.24, 2.45) is 0 Å². The topological polar surface area (TPSA) is 61.4 Å². The molecule has 1 aromatic carbocycles. The number of carbonyl (C=O) groups excluding carboxylic acids is 2. The molecule has 2 N–H and O–H groups in total. The van der Waals surface area contributed by atoms with Gasteiger partial charge in [0.25, 0.3) is 5.92 Å². The van der Waals surface area contributed by atoms with Crippen molar-refractivity contribution < 1.29 is 31.5 Å². The molecule has 2 unspecified atom stereocenters. The van der Waals surface area contributed by atoms with E-state index in [1.165, 1.54) is 12.1 Å². The molecule has 2 atom stereocenters. The van der Waals surface area contributed by atoms with Crippen molar-refractivity contribution in [2.75, 3.05) is 18.0 Å². The smallest absolute Gasteiger partial charge is 0.350 e. The molecule has 11 heteroatoms. The summed E-state index contributed by atoms with van der Waals surface area (Å²) in [7, 11) is 0. The van der Waals surface area contributed by atoms with Crippen LogP contribution in [0.2, 0.25) is 0 Å². The van der Waals surface area contributed by atoms with Gasteiger partial charge < -0.3 is 10.2 Å². The summed E-state index contributed by atoms with van der Waals surface area (Å²) in [5.74, 6) is -4.05. The van der Waals surface area contributed by atoms with E-state index in [4.69, 9.17) is 0 Å². The van der Waals surface area contributed by atoms with E-state index in [9.17, 15) is 31.5 Å². The summed E-state index contributed by atoms with van der Waals surface area (Å²) in [5.41, 5.74) is -0.806. The number of hydrogen-bond donors (Lipinski definition) is 2. The number of rotatable bonds is 3. The first-order chi connectivity index (χ1) is 12.0. The number of benzene rings is 1. The number of nitrogens with one attached hydrogen (secondary N) is 2. The van der Waals surface area contributed by atoms with Crippen LogP contribution in [-0.2, 0) is 15.8 Å². The van der Waals surface area contributed by atoms with Gasteiger partial charge in [0.15, 0.2) is 0 Å². The third kappa shape index (κ3) is 4.86. The molecule has 2 heterocycles. The third-order valence-corrected chi connectivity index (χ3v) is 4.38. The van der Waals surface area contributed by atoms with Crippen LogP contribution in [-0.4, -0.2) is 42.9 Å². The van der Waals surface area contributed by atoms with Crippen LogP contribution in [0.15, 0.2) is 24.3 Å². The number of hydrogen-bond acceptors (Lipinski definition) is 3. The van der Waals surface area contributed by atoms with Gasteiger partial charge in [-0.05, 0) is 18.2 Å². The number of nitrogens with zero attached hydrogens (tertiary/aromatic N) is 1. The van der Waals surface area contributed by atoms with Crippen molar-refractivity contribution in [2.45, 2.75) is 37.0 Å². The van der Waals surface area contributed by atoms with Gasteiger partial charge in [0, 0.05) is 25.1 Å². The summed E-state index contributed by atoms with van der Waals surface area (Å²) in [4.78, 5) is 25.3. The summed E-state index contributed by atoms with van der Waals surface area (Å²) in [6, 6.07) is 2.62. The van der Waals surface area contributed by atoms with Crippen molar-refractivity contribution in [3.8, 4) is 0 Å². The molecule has 0 bridgehead atoms. The fraction of sp³-hybridized carbons (Fsp3) is 0.500. The molecular formula is C16H17ClF5N3O2. The molecule has 0 radical (unpaired) electrons. The first kappa shape index (κ1) is 21.4. The van der Waals surface area contributed by atoms with Crippen LogP contribution in [0.5, 0.6) is 0 Å². The van der Waals surface area contributed by atoms with E-state index in [1.807, 2.05) is 0 Å². The summed E-state index contributed by atoms with van der Waals surface area (Å²) >= 11 is 0. The number of halogens is 6. The van der Waals surface area contributed by atoms with Gasteiger partial charge in [0.1, 0.15) is 0 Å². The molecule has 1 aromatic rings. The molecule has 27 heavy (non-hydrogen) atoms. The van der Waals surface area contributed by atoms with Gasteiger partial charge in [0.2, 0.25) is 11.8 Å². The highest BCUT2D eigenvalue weighted by Crippen LogP contribution is 2.33. The molecule has 3 rings (SSSR count). The minimum Gasteiger partial charge on any atom is -0.350 e. The van der Waals surface area contributed by atoms with E-state index in [0.717, 1.165) is 17.0 Å². The number of anilines is 1. The third-order valence-electron chi connectivity index (χ3n) is 4.38. The van der Waals surface area contributed by atoms with Crippen molar-refractivity contribution in [1.82, 2.24) is 10.6 Å². The van der Waals surface area contributed by atoms with Gasteiger partial charge in [0.05, 0.1) is 24.2 Å². The van der Waals surface area contributed by atoms with E-state index in [-0.39, 0.29) is 31.1 Å². The Kier molecular flexibility index (Phi) is 6.00. The second-order valence-electron chi connectivity index (χ2n) is 6.46. The Balaban J connectivity index is 0.00000261. The van der Waals surface area contributed by atoms with E-state index < -0.39 is 54.5 Å². The number of amides is 2. The van der Waals surface area contributed by atoms with Gasteiger partial charge in [-0.3, -0.25) is 14.9 Å². The zero-order valence-electron chi connectivity index (χ0n) is 13.9. The van der Waals surface area contributed by atoms with E-state index in [1.54, 1.807) is 0 Å². The molecule has 0 aliphatic carbocycles. The summed E-state index contributed by atoms with van der Waals surface area (Å²) in [6.07, 6.45) is -5.27. The molecular weight excluding hydrogens is 397 g/mol. The Morgan fingerprint density at radius 2 is 2.00 bits per heavy atom. The number of carbonyl (C=O) groups is 2. The maximum Gasteiger partial charge on any atom is 0.416 e. The van der Waals surface area contributed by atoms with Gasteiger partial charge in [-0.1, -0.05) is 6.07 Å². The van der Waals surface area contributed by atoms with Crippen LogP contribution in [0.1, 0.15) is 18.4 Å². The van der Waals surface area contributed by atoms with Crippen LogP contribution in [0.3, 0.4) is 0 Å². The van der Waals surface area contributed by atoms with Gasteiger partial charge in [-0.15, -0.1) is 12.4 Å². The molecule has 5 nitrogen and oxygen atoms in total. The molecule has 0 spiro atoms. The molecule has 0 aromatic heterocycles. The van der Waals surface area contributed by atoms with Crippen molar-refractivity contribution in [3.05, 3.63) is 29.8 Å². The molecule has 2 aliphatic rings. The predicted molar refractivity (Wildman–Crippen MR) is 88.9 cm³/mol. The average Bonchev–Trinajstić information content (AvgIpc) is 3.09. The maximum absolute atomic E-state index is 13.2. The highest BCUT2D eigenvalue weighted by molar-refractivity contribution is 5.97. The Hall–Kier alpha value is -1.94. The van der Waals surface area contributed by atoms with E-state index in [0.29, 0.717) is 0 Å². The molecule has 2 saturated heterocycles. The second kappa shape index (κ2) is 7.59. The molecule has 2 amide bonds. The largest absolute Gasteiger partial charge is 0.416 e. The Morgan fingerprint density at radius 3 is 2.59 bits per heavy atom. The monoisotopic (exact) mass is 413 g/mol. The summed E-state index contributed by atoms with van der Waals surface area (Å²) in [6.45, 7) is -0.611. The fourth-order valence-electron chi connectivity index (χ4n) is 3.11. The standard InChI is InChI=1S/C16H16F5N3O2.ClH/c17-15(18)6-12(22-8-15)14(26)23-10-5-13(25)24(7-10)11-3-1-2-9(4-11)16(19,20)21;/h1-4,10,12,22H,5-8H2,(H,23,26);1H. The zero-order chi connectivity index (χ0) is 19.1. The van der Waals surface area contributed by atoms with Gasteiger partial charge >= 0.3 is 6.18 Å². The van der Waals surface area contributed by atoms with Gasteiger partial charge in [-0.25, -0.2) is 8.78 Å². The molecule has 2 fully saturated rings. The van der Waals surface area contributed by atoms with Crippen LogP contribution in [0, 0.1) is 0 Å². The Morgan fingerprint density at radius 1 is 1.30 bits per heavy atom. The maximum atomic E-state index is 13.2. The van der Waals surface area contributed by atoms with Gasteiger partial charge in [-0.2, -0.15) is 13.2 Å². The normalized spacial score (nSPS) is 24.6. The quantitative estimate of drug-likeness (QED) is 0.748. The van der Waals surface area contributed by atoms with Crippen molar-refractivity contribution in [1.29, 1.82) is 0 Å². The average molecular weight is 414 g/mol. The highest BCUT2D eigenvalue weighted by atomic mass is 35.5. The lowest BCUT2D eigenvalue weighted by atomic mass is 10.1. The van der Waals surface area contributed by atoms with E-state index >= 15 is 0 Å². The predicted octanol–water partition coefficient (Wildman–Crippen LogP) is 2.35. The molecule has 2 aliphatic heterocycles.